The number of aromatic nitrogens is 2. The molecular formula is C25H31F3N4O3. The predicted molar refractivity (Wildman–Crippen MR) is 123 cm³/mol. The molecule has 0 spiro atoms. The van der Waals surface area contributed by atoms with Gasteiger partial charge in [-0.15, -0.1) is 0 Å². The van der Waals surface area contributed by atoms with Crippen LogP contribution in [0.25, 0.3) is 0 Å². The van der Waals surface area contributed by atoms with Crippen molar-refractivity contribution < 1.29 is 27.4 Å². The summed E-state index contributed by atoms with van der Waals surface area (Å²) in [5, 5.41) is 3.05. The van der Waals surface area contributed by atoms with Gasteiger partial charge in [-0.05, 0) is 54.9 Å². The first-order valence-electron chi connectivity index (χ1n) is 12.1. The molecule has 1 aromatic heterocycles. The minimum absolute atomic E-state index is 0.135. The van der Waals surface area contributed by atoms with Gasteiger partial charge in [0.05, 0.1) is 18.3 Å². The second-order valence-corrected chi connectivity index (χ2v) is 9.07. The van der Waals surface area contributed by atoms with Gasteiger partial charge in [-0.25, -0.2) is 14.8 Å². The SMILES string of the molecule is CC[C@@H](NC(=O)N1CCc2cnc(CC3CCOCC3)nc2C1)c1ccc(OCC(F)(F)F)cc1. The average molecular weight is 493 g/mol. The van der Waals surface area contributed by atoms with Crippen molar-refractivity contribution in [3.8, 4) is 5.75 Å². The van der Waals surface area contributed by atoms with Crippen LogP contribution >= 0.6 is 0 Å². The van der Waals surface area contributed by atoms with Crippen LogP contribution in [-0.4, -0.2) is 53.4 Å². The van der Waals surface area contributed by atoms with E-state index in [-0.39, 0.29) is 17.8 Å². The molecule has 190 valence electrons. The Morgan fingerprint density at radius 1 is 1.26 bits per heavy atom. The zero-order valence-corrected chi connectivity index (χ0v) is 19.8. The van der Waals surface area contributed by atoms with E-state index in [1.54, 1.807) is 17.0 Å². The summed E-state index contributed by atoms with van der Waals surface area (Å²) in [5.74, 6) is 1.48. The lowest BCUT2D eigenvalue weighted by Crippen LogP contribution is -2.44. The molecule has 0 bridgehead atoms. The lowest BCUT2D eigenvalue weighted by molar-refractivity contribution is -0.153. The minimum Gasteiger partial charge on any atom is -0.484 e. The maximum absolute atomic E-state index is 13.0. The van der Waals surface area contributed by atoms with Gasteiger partial charge in [-0.3, -0.25) is 0 Å². The fourth-order valence-electron chi connectivity index (χ4n) is 4.45. The molecular weight excluding hydrogens is 461 g/mol. The van der Waals surface area contributed by atoms with Crippen molar-refractivity contribution in [2.75, 3.05) is 26.4 Å². The number of alkyl halides is 3. The first-order valence-corrected chi connectivity index (χ1v) is 12.1. The number of carbonyl (C=O) groups is 1. The van der Waals surface area contributed by atoms with Crippen molar-refractivity contribution in [1.29, 1.82) is 0 Å². The number of amides is 2. The van der Waals surface area contributed by atoms with E-state index in [1.165, 1.54) is 12.1 Å². The number of benzene rings is 1. The summed E-state index contributed by atoms with van der Waals surface area (Å²) in [6, 6.07) is 5.89. The largest absolute Gasteiger partial charge is 0.484 e. The fourth-order valence-corrected chi connectivity index (χ4v) is 4.45. The van der Waals surface area contributed by atoms with Crippen molar-refractivity contribution in [3.63, 3.8) is 0 Å². The van der Waals surface area contributed by atoms with Crippen LogP contribution in [0.5, 0.6) is 5.75 Å². The van der Waals surface area contributed by atoms with Crippen molar-refractivity contribution in [3.05, 3.63) is 53.1 Å². The Bertz CT molecular complexity index is 994. The van der Waals surface area contributed by atoms with Gasteiger partial charge in [0.15, 0.2) is 6.61 Å². The van der Waals surface area contributed by atoms with Gasteiger partial charge in [0.25, 0.3) is 0 Å². The summed E-state index contributed by atoms with van der Waals surface area (Å²) in [6.07, 6.45) is 1.69. The van der Waals surface area contributed by atoms with Gasteiger partial charge in [0.2, 0.25) is 0 Å². The zero-order chi connectivity index (χ0) is 24.8. The Morgan fingerprint density at radius 3 is 2.69 bits per heavy atom. The third kappa shape index (κ3) is 7.06. The Labute approximate surface area is 203 Å². The number of nitrogens with one attached hydrogen (secondary N) is 1. The summed E-state index contributed by atoms with van der Waals surface area (Å²) in [7, 11) is 0. The van der Waals surface area contributed by atoms with Crippen LogP contribution in [0.2, 0.25) is 0 Å². The number of halogens is 3. The molecule has 2 aromatic rings. The molecule has 2 aliphatic rings. The molecule has 1 N–H and O–H groups in total. The smallest absolute Gasteiger partial charge is 0.422 e. The van der Waals surface area contributed by atoms with Crippen LogP contribution in [0, 0.1) is 5.92 Å². The number of ether oxygens (including phenoxy) is 2. The molecule has 0 aliphatic carbocycles. The highest BCUT2D eigenvalue weighted by Gasteiger charge is 2.28. The Hall–Kier alpha value is -2.88. The zero-order valence-electron chi connectivity index (χ0n) is 19.8. The Balaban J connectivity index is 1.35. The molecule has 0 radical (unpaired) electrons. The first-order chi connectivity index (χ1) is 16.8. The number of rotatable bonds is 7. The van der Waals surface area contributed by atoms with E-state index in [9.17, 15) is 18.0 Å². The molecule has 35 heavy (non-hydrogen) atoms. The molecule has 2 amide bonds. The molecule has 1 saturated heterocycles. The molecule has 1 aromatic carbocycles. The quantitative estimate of drug-likeness (QED) is 0.611. The van der Waals surface area contributed by atoms with Gasteiger partial charge >= 0.3 is 12.2 Å². The molecule has 2 aliphatic heterocycles. The highest BCUT2D eigenvalue weighted by Crippen LogP contribution is 2.24. The van der Waals surface area contributed by atoms with Crippen molar-refractivity contribution in [2.45, 2.75) is 57.8 Å². The molecule has 0 saturated carbocycles. The third-order valence-electron chi connectivity index (χ3n) is 6.49. The minimum atomic E-state index is -4.39. The molecule has 7 nitrogen and oxygen atoms in total. The van der Waals surface area contributed by atoms with Crippen LogP contribution < -0.4 is 10.1 Å². The maximum atomic E-state index is 13.0. The number of hydrogen-bond acceptors (Lipinski definition) is 5. The van der Waals surface area contributed by atoms with Crippen molar-refractivity contribution in [2.24, 2.45) is 5.92 Å². The maximum Gasteiger partial charge on any atom is 0.422 e. The number of nitrogens with zero attached hydrogens (tertiary/aromatic N) is 3. The monoisotopic (exact) mass is 492 g/mol. The van der Waals surface area contributed by atoms with Crippen LogP contribution in [0.3, 0.4) is 0 Å². The number of fused-ring (bicyclic) bond motifs is 1. The van der Waals surface area contributed by atoms with Gasteiger partial charge in [0.1, 0.15) is 11.6 Å². The van der Waals surface area contributed by atoms with Crippen LogP contribution in [0.4, 0.5) is 18.0 Å². The van der Waals surface area contributed by atoms with E-state index in [1.807, 2.05) is 13.1 Å². The van der Waals surface area contributed by atoms with Gasteiger partial charge < -0.3 is 19.7 Å². The molecule has 4 rings (SSSR count). The van der Waals surface area contributed by atoms with Crippen LogP contribution in [0.15, 0.2) is 30.5 Å². The molecule has 3 heterocycles. The molecule has 1 fully saturated rings. The molecule has 0 unspecified atom stereocenters. The lowest BCUT2D eigenvalue weighted by atomic mass is 9.96. The van der Waals surface area contributed by atoms with E-state index in [2.05, 4.69) is 10.3 Å². The van der Waals surface area contributed by atoms with Crippen molar-refractivity contribution in [1.82, 2.24) is 20.2 Å². The highest BCUT2D eigenvalue weighted by molar-refractivity contribution is 5.75. The summed E-state index contributed by atoms with van der Waals surface area (Å²) < 4.78 is 47.3. The number of carbonyl (C=O) groups excluding carboxylic acids is 1. The second kappa shape index (κ2) is 11.2. The lowest BCUT2D eigenvalue weighted by Gasteiger charge is -2.30. The van der Waals surface area contributed by atoms with E-state index in [0.717, 1.165) is 55.1 Å². The normalized spacial score (nSPS) is 17.5. The van der Waals surface area contributed by atoms with E-state index in [0.29, 0.717) is 31.8 Å². The summed E-state index contributed by atoms with van der Waals surface area (Å²) in [5.41, 5.74) is 2.77. The first kappa shape index (κ1) is 25.2. The number of hydrogen-bond donors (Lipinski definition) is 1. The number of urea groups is 1. The summed E-state index contributed by atoms with van der Waals surface area (Å²) >= 11 is 0. The second-order valence-electron chi connectivity index (χ2n) is 9.07. The van der Waals surface area contributed by atoms with Crippen LogP contribution in [-0.2, 0) is 24.1 Å². The predicted octanol–water partition coefficient (Wildman–Crippen LogP) is 4.61. The van der Waals surface area contributed by atoms with Gasteiger partial charge in [0, 0.05) is 32.4 Å². The van der Waals surface area contributed by atoms with E-state index >= 15 is 0 Å². The van der Waals surface area contributed by atoms with Gasteiger partial charge in [-0.1, -0.05) is 19.1 Å². The van der Waals surface area contributed by atoms with E-state index in [4.69, 9.17) is 14.5 Å². The Morgan fingerprint density at radius 2 is 2.00 bits per heavy atom. The summed E-state index contributed by atoms with van der Waals surface area (Å²) in [6.45, 7) is 3.17. The summed E-state index contributed by atoms with van der Waals surface area (Å²) in [4.78, 5) is 24.1. The van der Waals surface area contributed by atoms with Gasteiger partial charge in [-0.2, -0.15) is 13.2 Å². The Kier molecular flexibility index (Phi) is 8.10. The third-order valence-corrected chi connectivity index (χ3v) is 6.49. The average Bonchev–Trinajstić information content (AvgIpc) is 2.86. The van der Waals surface area contributed by atoms with Crippen molar-refractivity contribution >= 4 is 6.03 Å². The van der Waals surface area contributed by atoms with E-state index < -0.39 is 12.8 Å². The molecule has 10 heteroatoms. The standard InChI is InChI=1S/C25H31F3N4O3/c1-2-21(18-3-5-20(6-4-18)35-16-25(26,27)28)31-24(33)32-10-7-19-14-29-23(30-22(19)15-32)13-17-8-11-34-12-9-17/h3-6,14,17,21H,2,7-13,15-16H2,1H3,(H,31,33)/t21-/m1/s1. The molecule has 1 atom stereocenters. The fraction of sp³-hybridized carbons (Fsp3) is 0.560. The topological polar surface area (TPSA) is 76.6 Å². The van der Waals surface area contributed by atoms with Crippen LogP contribution in [0.1, 0.15) is 54.9 Å². The highest BCUT2D eigenvalue weighted by atomic mass is 19.4.